The molecule has 0 aliphatic carbocycles. The monoisotopic (exact) mass is 356 g/mol. The average molecular weight is 356 g/mol. The molecule has 2 aromatic rings. The van der Waals surface area contributed by atoms with E-state index in [2.05, 4.69) is 5.32 Å². The van der Waals surface area contributed by atoms with E-state index < -0.39 is 0 Å². The lowest BCUT2D eigenvalue weighted by Crippen LogP contribution is -2.38. The molecule has 1 aromatic carbocycles. The van der Waals surface area contributed by atoms with Crippen LogP contribution in [0.2, 0.25) is 0 Å². The third-order valence-corrected chi connectivity index (χ3v) is 4.38. The molecule has 1 aliphatic heterocycles. The van der Waals surface area contributed by atoms with Gasteiger partial charge in [-0.2, -0.15) is 0 Å². The number of carbonyl (C=O) groups excluding carboxylic acids is 2. The van der Waals surface area contributed by atoms with Crippen molar-refractivity contribution in [2.45, 2.75) is 38.8 Å². The van der Waals surface area contributed by atoms with Crippen molar-refractivity contribution in [1.82, 2.24) is 10.2 Å². The Balaban J connectivity index is 1.56. The molecule has 0 saturated carbocycles. The van der Waals surface area contributed by atoms with E-state index in [1.54, 1.807) is 30.3 Å². The van der Waals surface area contributed by atoms with Crippen LogP contribution in [0.1, 0.15) is 47.4 Å². The zero-order valence-corrected chi connectivity index (χ0v) is 15.1. The molecule has 0 bridgehead atoms. The molecule has 1 atom stereocenters. The summed E-state index contributed by atoms with van der Waals surface area (Å²) in [5.41, 5.74) is 1.17. The van der Waals surface area contributed by atoms with Crippen LogP contribution in [-0.2, 0) is 0 Å². The number of ether oxygens (including phenoxy) is 1. The number of furan rings is 1. The smallest absolute Gasteiger partial charge is 0.257 e. The summed E-state index contributed by atoms with van der Waals surface area (Å²) in [6.45, 7) is 5.01. The summed E-state index contributed by atoms with van der Waals surface area (Å²) >= 11 is 0. The number of benzene rings is 1. The molecule has 1 saturated heterocycles. The standard InChI is InChI=1S/C20H24N2O4/c1-14(2)21-19(23)15-5-7-18(8-6-15)26-13-17-4-3-10-22(17)20(24)16-9-11-25-12-16/h5-9,11-12,14,17H,3-4,10,13H2,1-2H3,(H,21,23)/t17-/m0/s1. The number of amides is 2. The second-order valence-corrected chi connectivity index (χ2v) is 6.77. The summed E-state index contributed by atoms with van der Waals surface area (Å²) < 4.78 is 10.9. The summed E-state index contributed by atoms with van der Waals surface area (Å²) in [5, 5.41) is 2.86. The van der Waals surface area contributed by atoms with Gasteiger partial charge in [0.05, 0.1) is 17.9 Å². The van der Waals surface area contributed by atoms with Crippen molar-refractivity contribution in [3.8, 4) is 5.75 Å². The van der Waals surface area contributed by atoms with Crippen molar-refractivity contribution in [1.29, 1.82) is 0 Å². The lowest BCUT2D eigenvalue weighted by atomic mass is 10.2. The van der Waals surface area contributed by atoms with Crippen molar-refractivity contribution in [2.24, 2.45) is 0 Å². The summed E-state index contributed by atoms with van der Waals surface area (Å²) in [6, 6.07) is 8.88. The molecule has 26 heavy (non-hydrogen) atoms. The van der Waals surface area contributed by atoms with Gasteiger partial charge in [-0.15, -0.1) is 0 Å². The van der Waals surface area contributed by atoms with Crippen LogP contribution in [0.15, 0.2) is 47.3 Å². The van der Waals surface area contributed by atoms with Gasteiger partial charge in [0.1, 0.15) is 18.6 Å². The van der Waals surface area contributed by atoms with E-state index in [0.29, 0.717) is 23.5 Å². The SMILES string of the molecule is CC(C)NC(=O)c1ccc(OC[C@@H]2CCCN2C(=O)c2ccoc2)cc1. The van der Waals surface area contributed by atoms with Crippen LogP contribution < -0.4 is 10.1 Å². The molecule has 1 aliphatic rings. The van der Waals surface area contributed by atoms with E-state index in [9.17, 15) is 9.59 Å². The van der Waals surface area contributed by atoms with Gasteiger partial charge in [0.25, 0.3) is 11.8 Å². The van der Waals surface area contributed by atoms with Crippen LogP contribution in [0.4, 0.5) is 0 Å². The molecule has 2 amide bonds. The second kappa shape index (κ2) is 8.08. The van der Waals surface area contributed by atoms with Crippen molar-refractivity contribution in [3.05, 3.63) is 54.0 Å². The Hall–Kier alpha value is -2.76. The molecule has 6 heteroatoms. The largest absolute Gasteiger partial charge is 0.491 e. The first-order valence-corrected chi connectivity index (χ1v) is 8.91. The summed E-state index contributed by atoms with van der Waals surface area (Å²) in [5.74, 6) is 0.568. The fourth-order valence-electron chi connectivity index (χ4n) is 3.07. The highest BCUT2D eigenvalue weighted by Gasteiger charge is 2.30. The minimum Gasteiger partial charge on any atom is -0.491 e. The maximum Gasteiger partial charge on any atom is 0.257 e. The van der Waals surface area contributed by atoms with Gasteiger partial charge in [-0.25, -0.2) is 0 Å². The van der Waals surface area contributed by atoms with E-state index in [0.717, 1.165) is 19.4 Å². The molecule has 2 heterocycles. The van der Waals surface area contributed by atoms with Crippen molar-refractivity contribution in [3.63, 3.8) is 0 Å². The third-order valence-electron chi connectivity index (χ3n) is 4.38. The molecule has 0 radical (unpaired) electrons. The van der Waals surface area contributed by atoms with Gasteiger partial charge < -0.3 is 19.4 Å². The van der Waals surface area contributed by atoms with Crippen molar-refractivity contribution in [2.75, 3.05) is 13.2 Å². The molecule has 1 fully saturated rings. The number of rotatable bonds is 6. The zero-order chi connectivity index (χ0) is 18.5. The minimum absolute atomic E-state index is 0.0226. The first-order valence-electron chi connectivity index (χ1n) is 8.91. The molecule has 6 nitrogen and oxygen atoms in total. The van der Waals surface area contributed by atoms with Crippen LogP contribution >= 0.6 is 0 Å². The molecule has 1 aromatic heterocycles. The quantitative estimate of drug-likeness (QED) is 0.863. The molecule has 3 rings (SSSR count). The van der Waals surface area contributed by atoms with Crippen LogP contribution in [0.25, 0.3) is 0 Å². The Kier molecular flexibility index (Phi) is 5.61. The third kappa shape index (κ3) is 4.25. The number of hydrogen-bond donors (Lipinski definition) is 1. The van der Waals surface area contributed by atoms with E-state index in [1.807, 2.05) is 18.7 Å². The highest BCUT2D eigenvalue weighted by molar-refractivity contribution is 5.94. The lowest BCUT2D eigenvalue weighted by molar-refractivity contribution is 0.0690. The van der Waals surface area contributed by atoms with Gasteiger partial charge in [0.2, 0.25) is 0 Å². The lowest BCUT2D eigenvalue weighted by Gasteiger charge is -2.24. The van der Waals surface area contributed by atoms with Gasteiger partial charge in [-0.1, -0.05) is 0 Å². The molecule has 1 N–H and O–H groups in total. The van der Waals surface area contributed by atoms with Crippen molar-refractivity contribution >= 4 is 11.8 Å². The number of hydrogen-bond acceptors (Lipinski definition) is 4. The summed E-state index contributed by atoms with van der Waals surface area (Å²) in [4.78, 5) is 26.3. The molecular weight excluding hydrogens is 332 g/mol. The molecule has 0 unspecified atom stereocenters. The van der Waals surface area contributed by atoms with E-state index in [1.165, 1.54) is 12.5 Å². The topological polar surface area (TPSA) is 71.8 Å². The van der Waals surface area contributed by atoms with E-state index in [-0.39, 0.29) is 23.9 Å². The zero-order valence-electron chi connectivity index (χ0n) is 15.1. The van der Waals surface area contributed by atoms with Gasteiger partial charge in [-0.3, -0.25) is 9.59 Å². The highest BCUT2D eigenvalue weighted by Crippen LogP contribution is 2.22. The fraction of sp³-hybridized carbons (Fsp3) is 0.400. The van der Waals surface area contributed by atoms with Crippen molar-refractivity contribution < 1.29 is 18.7 Å². The summed E-state index contributed by atoms with van der Waals surface area (Å²) in [6.07, 6.45) is 4.86. The number of nitrogens with zero attached hydrogens (tertiary/aromatic N) is 1. The Morgan fingerprint density at radius 3 is 2.65 bits per heavy atom. The predicted octanol–water partition coefficient (Wildman–Crippen LogP) is 3.10. The second-order valence-electron chi connectivity index (χ2n) is 6.77. The normalized spacial score (nSPS) is 16.7. The van der Waals surface area contributed by atoms with Gasteiger partial charge >= 0.3 is 0 Å². The Bertz CT molecular complexity index is 738. The first kappa shape index (κ1) is 18.0. The van der Waals surface area contributed by atoms with Crippen LogP contribution in [0.3, 0.4) is 0 Å². The Morgan fingerprint density at radius 1 is 1.23 bits per heavy atom. The highest BCUT2D eigenvalue weighted by atomic mass is 16.5. The van der Waals surface area contributed by atoms with E-state index in [4.69, 9.17) is 9.15 Å². The van der Waals surface area contributed by atoms with Gasteiger partial charge in [0.15, 0.2) is 0 Å². The molecule has 138 valence electrons. The van der Waals surface area contributed by atoms with Crippen LogP contribution in [-0.4, -0.2) is 41.9 Å². The Morgan fingerprint density at radius 2 is 2.00 bits per heavy atom. The minimum atomic E-state index is -0.0979. The van der Waals surface area contributed by atoms with Gasteiger partial charge in [-0.05, 0) is 57.0 Å². The summed E-state index contributed by atoms with van der Waals surface area (Å²) in [7, 11) is 0. The van der Waals surface area contributed by atoms with Crippen LogP contribution in [0, 0.1) is 0 Å². The number of likely N-dealkylation sites (tertiary alicyclic amines) is 1. The van der Waals surface area contributed by atoms with Crippen LogP contribution in [0.5, 0.6) is 5.75 Å². The molecule has 0 spiro atoms. The Labute approximate surface area is 153 Å². The average Bonchev–Trinajstić information content (AvgIpc) is 3.31. The maximum absolute atomic E-state index is 12.5. The number of carbonyl (C=O) groups is 2. The fourth-order valence-corrected chi connectivity index (χ4v) is 3.07. The van der Waals surface area contributed by atoms with Gasteiger partial charge in [0, 0.05) is 18.2 Å². The number of nitrogens with one attached hydrogen (secondary N) is 1. The predicted molar refractivity (Wildman–Crippen MR) is 97.3 cm³/mol. The molecular formula is C20H24N2O4. The first-order chi connectivity index (χ1) is 12.5. The van der Waals surface area contributed by atoms with E-state index >= 15 is 0 Å². The maximum atomic E-state index is 12.5.